The first-order valence-electron chi connectivity index (χ1n) is 15.0. The van der Waals surface area contributed by atoms with Crippen LogP contribution in [-0.2, 0) is 23.4 Å². The van der Waals surface area contributed by atoms with Gasteiger partial charge in [0.15, 0.2) is 5.78 Å². The van der Waals surface area contributed by atoms with E-state index in [1.165, 1.54) is 0 Å². The molecule has 0 radical (unpaired) electrons. The average molecular weight is 588 g/mol. The number of halogens is 1. The minimum absolute atomic E-state index is 0.0288. The van der Waals surface area contributed by atoms with E-state index in [0.717, 1.165) is 78.4 Å². The topological polar surface area (TPSA) is 65.9 Å². The van der Waals surface area contributed by atoms with Gasteiger partial charge in [-0.15, -0.1) is 0 Å². The fourth-order valence-electron chi connectivity index (χ4n) is 5.84. The van der Waals surface area contributed by atoms with Crippen LogP contribution in [0.3, 0.4) is 0 Å². The van der Waals surface area contributed by atoms with E-state index >= 15 is 0 Å². The Morgan fingerprint density at radius 1 is 1.14 bits per heavy atom. The Kier molecular flexibility index (Phi) is 9.48. The fourth-order valence-corrected chi connectivity index (χ4v) is 5.96. The van der Waals surface area contributed by atoms with Crippen molar-refractivity contribution < 1.29 is 14.6 Å². The molecule has 42 heavy (non-hydrogen) atoms. The zero-order valence-corrected chi connectivity index (χ0v) is 25.9. The first-order valence-corrected chi connectivity index (χ1v) is 15.4. The molecule has 3 aromatic rings. The van der Waals surface area contributed by atoms with Crippen LogP contribution in [0.25, 0.3) is 5.57 Å². The van der Waals surface area contributed by atoms with Gasteiger partial charge < -0.3 is 9.84 Å². The lowest BCUT2D eigenvalue weighted by Gasteiger charge is -2.29. The van der Waals surface area contributed by atoms with Crippen molar-refractivity contribution in [2.75, 3.05) is 26.3 Å². The predicted octanol–water partition coefficient (Wildman–Crippen LogP) is 6.48. The van der Waals surface area contributed by atoms with Gasteiger partial charge in [-0.05, 0) is 80.1 Å². The number of pyridine rings is 1. The van der Waals surface area contributed by atoms with Gasteiger partial charge in [-0.25, -0.2) is 0 Å². The summed E-state index contributed by atoms with van der Waals surface area (Å²) in [7, 11) is 0. The van der Waals surface area contributed by atoms with Crippen LogP contribution >= 0.6 is 11.6 Å². The van der Waals surface area contributed by atoms with E-state index in [9.17, 15) is 9.90 Å². The third-order valence-corrected chi connectivity index (χ3v) is 8.86. The van der Waals surface area contributed by atoms with Crippen LogP contribution < -0.4 is 4.74 Å². The van der Waals surface area contributed by atoms with Crippen LogP contribution in [0.1, 0.15) is 68.5 Å². The molecule has 6 nitrogen and oxygen atoms in total. The summed E-state index contributed by atoms with van der Waals surface area (Å²) in [5.41, 5.74) is 5.05. The number of benzene rings is 2. The number of nitrogens with zero attached hydrogens (tertiary/aromatic N) is 3. The number of rotatable bonds is 10. The van der Waals surface area contributed by atoms with Crippen LogP contribution in [0.15, 0.2) is 66.9 Å². The number of Topliss-reactive ketones (excluding diaryl/α,β-unsaturated/α-hetero) is 1. The maximum atomic E-state index is 13.5. The quantitative estimate of drug-likeness (QED) is 0.293. The zero-order chi connectivity index (χ0) is 29.9. The predicted molar refractivity (Wildman–Crippen MR) is 169 cm³/mol. The van der Waals surface area contributed by atoms with Crippen molar-refractivity contribution in [3.8, 4) is 5.75 Å². The highest BCUT2D eigenvalue weighted by Crippen LogP contribution is 2.38. The van der Waals surface area contributed by atoms with Gasteiger partial charge in [-0.3, -0.25) is 19.6 Å². The Morgan fingerprint density at radius 2 is 1.93 bits per heavy atom. The van der Waals surface area contributed by atoms with Crippen molar-refractivity contribution in [3.05, 3.63) is 99.8 Å². The van der Waals surface area contributed by atoms with Crippen LogP contribution in [0.5, 0.6) is 5.75 Å². The van der Waals surface area contributed by atoms with Gasteiger partial charge in [-0.1, -0.05) is 55.8 Å². The van der Waals surface area contributed by atoms with Crippen molar-refractivity contribution in [2.45, 2.75) is 65.2 Å². The van der Waals surface area contributed by atoms with Crippen molar-refractivity contribution in [2.24, 2.45) is 5.92 Å². The van der Waals surface area contributed by atoms with Gasteiger partial charge in [0.05, 0.1) is 24.0 Å². The summed E-state index contributed by atoms with van der Waals surface area (Å²) < 4.78 is 6.16. The normalized spacial score (nSPS) is 18.2. The Balaban J connectivity index is 1.34. The number of carbonyl (C=O) groups excluding carboxylic acids is 1. The van der Waals surface area contributed by atoms with E-state index in [1.54, 1.807) is 20.0 Å². The van der Waals surface area contributed by atoms with E-state index in [-0.39, 0.29) is 12.0 Å². The molecule has 2 aromatic carbocycles. The lowest BCUT2D eigenvalue weighted by atomic mass is 9.90. The van der Waals surface area contributed by atoms with Crippen molar-refractivity contribution in [1.29, 1.82) is 0 Å². The summed E-state index contributed by atoms with van der Waals surface area (Å²) in [6, 6.07) is 17.7. The molecule has 0 bridgehead atoms. The number of aliphatic hydroxyl groups is 1. The number of fused-ring (bicyclic) bond motifs is 2. The number of hydrogen-bond acceptors (Lipinski definition) is 6. The number of carbonyl (C=O) groups is 1. The second kappa shape index (κ2) is 13.1. The third-order valence-electron chi connectivity index (χ3n) is 8.61. The minimum Gasteiger partial charge on any atom is -0.487 e. The Hall–Kier alpha value is -3.03. The molecule has 0 spiro atoms. The summed E-state index contributed by atoms with van der Waals surface area (Å²) in [6.45, 7) is 11.6. The van der Waals surface area contributed by atoms with Crippen LogP contribution in [0, 0.1) is 5.92 Å². The molecule has 0 saturated carbocycles. The fraction of sp³-hybridized carbons (Fsp3) is 0.429. The molecule has 2 unspecified atom stereocenters. The molecule has 0 amide bonds. The first kappa shape index (κ1) is 30.4. The molecule has 3 heterocycles. The number of aromatic nitrogens is 1. The lowest BCUT2D eigenvalue weighted by Crippen LogP contribution is -2.44. The standard InChI is InChI=1S/C35H42ClN3O3/c1-5-24(2)34(40)32(20-25-10-13-27(36)14-11-25)39-19-18-38(23-39)17-7-9-28-29-8-6-16-37-31(29)22-42-33-15-12-26(21-30(28)33)35(3,4)41/h6,8-16,21,24,32,41H,5,7,17-20,22-23H2,1-4H3/b28-9-. The molecule has 0 aliphatic carbocycles. The molecule has 7 heteroatoms. The van der Waals surface area contributed by atoms with Crippen molar-refractivity contribution >= 4 is 23.0 Å². The molecule has 5 rings (SSSR count). The molecule has 1 fully saturated rings. The average Bonchev–Trinajstić information content (AvgIpc) is 3.39. The van der Waals surface area contributed by atoms with Gasteiger partial charge in [-0.2, -0.15) is 0 Å². The summed E-state index contributed by atoms with van der Waals surface area (Å²) >= 11 is 6.12. The SMILES string of the molecule is CCC(C)C(=O)C(Cc1ccc(Cl)cc1)N1CCN(CC/C=C2\c3cc(C(C)(C)O)ccc3OCc3ncccc32)C1. The molecule has 2 aliphatic heterocycles. The molecule has 2 aliphatic rings. The zero-order valence-electron chi connectivity index (χ0n) is 25.1. The van der Waals surface area contributed by atoms with Gasteiger partial charge in [0.1, 0.15) is 12.4 Å². The van der Waals surface area contributed by atoms with Crippen LogP contribution in [-0.4, -0.2) is 58.0 Å². The molecule has 1 saturated heterocycles. The summed E-state index contributed by atoms with van der Waals surface area (Å²) in [5.74, 6) is 1.15. The van der Waals surface area contributed by atoms with Gasteiger partial charge in [0.25, 0.3) is 0 Å². The molecular weight excluding hydrogens is 546 g/mol. The first-order chi connectivity index (χ1) is 20.1. The largest absolute Gasteiger partial charge is 0.487 e. The minimum atomic E-state index is -0.960. The van der Waals surface area contributed by atoms with E-state index in [0.29, 0.717) is 23.8 Å². The lowest BCUT2D eigenvalue weighted by molar-refractivity contribution is -0.127. The maximum absolute atomic E-state index is 13.5. The smallest absolute Gasteiger partial charge is 0.153 e. The Labute approximate surface area is 255 Å². The van der Waals surface area contributed by atoms with Crippen LogP contribution in [0.4, 0.5) is 0 Å². The molecule has 1 aromatic heterocycles. The number of ketones is 1. The van der Waals surface area contributed by atoms with Gasteiger partial charge in [0.2, 0.25) is 0 Å². The Bertz CT molecular complexity index is 1430. The second-order valence-corrected chi connectivity index (χ2v) is 12.5. The van der Waals surface area contributed by atoms with E-state index in [2.05, 4.69) is 33.8 Å². The number of hydrogen-bond donors (Lipinski definition) is 1. The highest BCUT2D eigenvalue weighted by Gasteiger charge is 2.33. The Morgan fingerprint density at radius 3 is 2.67 bits per heavy atom. The van der Waals surface area contributed by atoms with Gasteiger partial charge in [0, 0.05) is 47.9 Å². The monoisotopic (exact) mass is 587 g/mol. The van der Waals surface area contributed by atoms with E-state index in [4.69, 9.17) is 16.3 Å². The summed E-state index contributed by atoms with van der Waals surface area (Å²) in [4.78, 5) is 22.9. The van der Waals surface area contributed by atoms with Crippen LogP contribution in [0.2, 0.25) is 5.02 Å². The maximum Gasteiger partial charge on any atom is 0.153 e. The van der Waals surface area contributed by atoms with E-state index < -0.39 is 5.60 Å². The highest BCUT2D eigenvalue weighted by atomic mass is 35.5. The van der Waals surface area contributed by atoms with Gasteiger partial charge >= 0.3 is 0 Å². The van der Waals surface area contributed by atoms with Crippen molar-refractivity contribution in [1.82, 2.24) is 14.8 Å². The second-order valence-electron chi connectivity index (χ2n) is 12.1. The molecule has 2 atom stereocenters. The van der Waals surface area contributed by atoms with Crippen molar-refractivity contribution in [3.63, 3.8) is 0 Å². The summed E-state index contributed by atoms with van der Waals surface area (Å²) in [6.07, 6.45) is 6.46. The summed E-state index contributed by atoms with van der Waals surface area (Å²) in [5, 5.41) is 11.4. The number of ether oxygens (including phenoxy) is 1. The highest BCUT2D eigenvalue weighted by molar-refractivity contribution is 6.30. The molecule has 222 valence electrons. The molecular formula is C35H42ClN3O3. The third kappa shape index (κ3) is 6.95. The van der Waals surface area contributed by atoms with E-state index in [1.807, 2.05) is 55.5 Å². The molecule has 1 N–H and O–H groups in total.